The fraction of sp³-hybridized carbons (Fsp3) is 0.500. The predicted octanol–water partition coefficient (Wildman–Crippen LogP) is 3.98. The lowest BCUT2D eigenvalue weighted by Gasteiger charge is -2.18. The minimum atomic E-state index is -1.42. The van der Waals surface area contributed by atoms with Gasteiger partial charge in [0, 0.05) is 38.9 Å². The molecule has 0 aliphatic heterocycles. The summed E-state index contributed by atoms with van der Waals surface area (Å²) in [6.07, 6.45) is 2.07. The molecule has 6 amide bonds. The van der Waals surface area contributed by atoms with E-state index in [1.165, 1.54) is 22.3 Å². The second kappa shape index (κ2) is 44.9. The van der Waals surface area contributed by atoms with Crippen molar-refractivity contribution in [3.05, 3.63) is 106 Å². The number of nitrogens with one attached hydrogen (secondary N) is 9. The first-order chi connectivity index (χ1) is 42.6. The third-order valence-electron chi connectivity index (χ3n) is 13.3. The van der Waals surface area contributed by atoms with Gasteiger partial charge in [0.05, 0.1) is 0 Å². The van der Waals surface area contributed by atoms with Gasteiger partial charge in [-0.2, -0.15) is 0 Å². The average Bonchev–Trinajstić information content (AvgIpc) is 3.13. The highest BCUT2D eigenvalue weighted by atomic mass is 16.4. The molecule has 0 unspecified atom stereocenters. The van der Waals surface area contributed by atoms with Crippen molar-refractivity contribution in [2.24, 2.45) is 0 Å². The standard InChI is InChI=1S/3C20H29N3O7/c1-13-5-4-6-14(11-13)12-21-10-3-2-7-15(18(26)27)22-20(30)23-16(19(28)29)8-9-17(24)25;1-13-6-2-3-7-14(13)12-21-11-5-4-8-15(18(26)27)22-20(30)23-16(19(28)29)9-10-17(24)25;1-13-5-7-14(8-6-13)12-21-11-3-2-4-15(18(26)27)22-20(30)23-16(19(28)29)9-10-17(24)25/h4-6,11,15-16,21H,2-3,7-10,12H2,1H3,(H,24,25)(H,26,27)(H,28,29)(H2,22,23,30);2-3,6-7,15-16,21H,4-5,8-12H2,1H3,(H,24,25)(H,26,27)(H,28,29)(H2,22,23,30);5-8,15-16,21H,2-4,9-12H2,1H3,(H,24,25)(H,26,27)(H,28,29)(H2,22,23,30)/t3*15-,16-/m000/s1. The Kier molecular flexibility index (Phi) is 39.2. The normalized spacial score (nSPS) is 12.6. The van der Waals surface area contributed by atoms with Crippen molar-refractivity contribution in [3.8, 4) is 0 Å². The van der Waals surface area contributed by atoms with Crippen molar-refractivity contribution < 1.29 is 103 Å². The van der Waals surface area contributed by atoms with Crippen LogP contribution in [0.25, 0.3) is 0 Å². The van der Waals surface area contributed by atoms with Crippen molar-refractivity contribution in [1.29, 1.82) is 0 Å². The second-order valence-corrected chi connectivity index (χ2v) is 20.9. The number of hydrogen-bond acceptors (Lipinski definition) is 15. The first-order valence-corrected chi connectivity index (χ1v) is 29.1. The van der Waals surface area contributed by atoms with E-state index in [-0.39, 0.29) is 38.5 Å². The lowest BCUT2D eigenvalue weighted by Crippen LogP contribution is -2.51. The van der Waals surface area contributed by atoms with E-state index in [1.807, 2.05) is 87.5 Å². The molecule has 3 rings (SSSR count). The number of carboxylic acid groups (broad SMARTS) is 9. The van der Waals surface area contributed by atoms with Gasteiger partial charge in [0.15, 0.2) is 0 Å². The van der Waals surface area contributed by atoms with Crippen molar-refractivity contribution in [2.75, 3.05) is 19.6 Å². The molecule has 0 aliphatic carbocycles. The smallest absolute Gasteiger partial charge is 0.326 e. The van der Waals surface area contributed by atoms with E-state index in [9.17, 15) is 72.9 Å². The van der Waals surface area contributed by atoms with Crippen LogP contribution >= 0.6 is 0 Å². The number of carboxylic acids is 9. The number of unbranched alkanes of at least 4 members (excludes halogenated alkanes) is 3. The topological polar surface area (TPSA) is 495 Å². The molecule has 30 heteroatoms. The van der Waals surface area contributed by atoms with E-state index in [0.717, 1.165) is 11.1 Å². The van der Waals surface area contributed by atoms with Gasteiger partial charge >= 0.3 is 71.8 Å². The zero-order valence-corrected chi connectivity index (χ0v) is 50.7. The lowest BCUT2D eigenvalue weighted by atomic mass is 10.1. The highest BCUT2D eigenvalue weighted by Crippen LogP contribution is 2.10. The molecule has 0 spiro atoms. The molecule has 0 saturated carbocycles. The number of rotatable bonds is 42. The van der Waals surface area contributed by atoms with E-state index in [4.69, 9.17) is 30.6 Å². The molecule has 0 heterocycles. The van der Waals surface area contributed by atoms with Gasteiger partial charge in [-0.3, -0.25) is 14.4 Å². The molecular formula is C60H87N9O21. The molecule has 3 aromatic carbocycles. The fourth-order valence-electron chi connectivity index (χ4n) is 8.24. The van der Waals surface area contributed by atoms with E-state index < -0.39 is 127 Å². The van der Waals surface area contributed by atoms with Gasteiger partial charge in [0.25, 0.3) is 0 Å². The minimum absolute atomic E-state index is 0.182. The number of urea groups is 3. The predicted molar refractivity (Wildman–Crippen MR) is 324 cm³/mol. The third-order valence-corrected chi connectivity index (χ3v) is 13.3. The quantitative estimate of drug-likeness (QED) is 0.0357. The number of aliphatic carboxylic acids is 9. The third kappa shape index (κ3) is 38.0. The summed E-state index contributed by atoms with van der Waals surface area (Å²) in [5.41, 5.74) is 7.05. The second-order valence-electron chi connectivity index (χ2n) is 20.9. The number of benzene rings is 3. The summed E-state index contributed by atoms with van der Waals surface area (Å²) < 4.78 is 0. The van der Waals surface area contributed by atoms with E-state index >= 15 is 0 Å². The van der Waals surface area contributed by atoms with Crippen LogP contribution in [-0.4, -0.2) is 174 Å². The zero-order valence-electron chi connectivity index (χ0n) is 50.7. The van der Waals surface area contributed by atoms with Crippen LogP contribution in [0, 0.1) is 20.8 Å². The zero-order chi connectivity index (χ0) is 67.6. The Labute approximate surface area is 520 Å². The molecule has 18 N–H and O–H groups in total. The number of carbonyl (C=O) groups is 12. The van der Waals surface area contributed by atoms with E-state index in [0.29, 0.717) is 77.8 Å². The first-order valence-electron chi connectivity index (χ1n) is 29.1. The number of hydrogen-bond donors (Lipinski definition) is 18. The Morgan fingerprint density at radius 1 is 0.333 bits per heavy atom. The minimum Gasteiger partial charge on any atom is -0.481 e. The summed E-state index contributed by atoms with van der Waals surface area (Å²) in [6, 6.07) is 13.6. The highest BCUT2D eigenvalue weighted by Gasteiger charge is 2.28. The maximum atomic E-state index is 11.9. The highest BCUT2D eigenvalue weighted by molar-refractivity contribution is 5.88. The van der Waals surface area contributed by atoms with E-state index in [1.54, 1.807) is 0 Å². The molecule has 0 fully saturated rings. The number of aryl methyl sites for hydroxylation is 3. The Bertz CT molecular complexity index is 2790. The van der Waals surface area contributed by atoms with E-state index in [2.05, 4.69) is 53.9 Å². The first kappa shape index (κ1) is 78.6. The van der Waals surface area contributed by atoms with Crippen LogP contribution < -0.4 is 47.9 Å². The van der Waals surface area contributed by atoms with Gasteiger partial charge < -0.3 is 93.8 Å². The summed E-state index contributed by atoms with van der Waals surface area (Å²) in [4.78, 5) is 135. The van der Waals surface area contributed by atoms with Crippen molar-refractivity contribution in [2.45, 2.75) is 173 Å². The Morgan fingerprint density at radius 3 is 0.978 bits per heavy atom. The van der Waals surface area contributed by atoms with Crippen LogP contribution in [0.1, 0.15) is 130 Å². The molecule has 0 aliphatic rings. The molecule has 0 saturated heterocycles. The molecule has 498 valence electrons. The molecule has 3 aromatic rings. The molecule has 0 aromatic heterocycles. The van der Waals surface area contributed by atoms with Gasteiger partial charge in [-0.1, -0.05) is 83.9 Å². The van der Waals surface area contributed by atoms with Gasteiger partial charge in [-0.15, -0.1) is 0 Å². The van der Waals surface area contributed by atoms with Crippen molar-refractivity contribution in [1.82, 2.24) is 47.9 Å². The van der Waals surface area contributed by atoms with Gasteiger partial charge in [-0.25, -0.2) is 43.2 Å². The summed E-state index contributed by atoms with van der Waals surface area (Å²) in [5.74, 6) is -11.4. The largest absolute Gasteiger partial charge is 0.481 e. The van der Waals surface area contributed by atoms with Crippen LogP contribution in [0.15, 0.2) is 72.8 Å². The number of amides is 6. The molecule has 0 bridgehead atoms. The van der Waals surface area contributed by atoms with Gasteiger partial charge in [0.2, 0.25) is 0 Å². The monoisotopic (exact) mass is 1270 g/mol. The van der Waals surface area contributed by atoms with Crippen molar-refractivity contribution >= 4 is 71.8 Å². The summed E-state index contributed by atoms with van der Waals surface area (Å²) in [5, 5.41) is 104. The summed E-state index contributed by atoms with van der Waals surface area (Å²) >= 11 is 0. The fourth-order valence-corrected chi connectivity index (χ4v) is 8.24. The van der Waals surface area contributed by atoms with Crippen LogP contribution in [0.2, 0.25) is 0 Å². The van der Waals surface area contributed by atoms with Crippen molar-refractivity contribution in [3.63, 3.8) is 0 Å². The molecule has 90 heavy (non-hydrogen) atoms. The molecule has 0 radical (unpaired) electrons. The molecule has 6 atom stereocenters. The summed E-state index contributed by atoms with van der Waals surface area (Å²) in [7, 11) is 0. The van der Waals surface area contributed by atoms with Gasteiger partial charge in [-0.05, 0) is 140 Å². The number of carbonyl (C=O) groups excluding carboxylic acids is 3. The molecular weight excluding hydrogens is 1180 g/mol. The average molecular weight is 1270 g/mol. The van der Waals surface area contributed by atoms with Crippen LogP contribution in [0.3, 0.4) is 0 Å². The van der Waals surface area contributed by atoms with Crippen LogP contribution in [-0.2, 0) is 62.8 Å². The Hall–Kier alpha value is -9.42. The van der Waals surface area contributed by atoms with Crippen LogP contribution in [0.4, 0.5) is 14.4 Å². The lowest BCUT2D eigenvalue weighted by molar-refractivity contribution is -0.142. The van der Waals surface area contributed by atoms with Crippen LogP contribution in [0.5, 0.6) is 0 Å². The SMILES string of the molecule is Cc1ccc(CNCCCC[C@H](NC(=O)N[C@@H](CCC(=O)O)C(=O)O)C(=O)O)cc1.Cc1cccc(CNCCCC[C@H](NC(=O)N[C@@H](CCC(=O)O)C(=O)O)C(=O)O)c1.Cc1ccccc1CNCCCC[C@H](NC(=O)N[C@@H](CCC(=O)O)C(=O)O)C(=O)O. The Balaban J connectivity index is 0.000000675. The summed E-state index contributed by atoms with van der Waals surface area (Å²) in [6.45, 7) is 10.2. The van der Waals surface area contributed by atoms with Gasteiger partial charge in [0.1, 0.15) is 36.3 Å². The maximum absolute atomic E-state index is 11.9. The Morgan fingerprint density at radius 2 is 0.656 bits per heavy atom. The molecule has 30 nitrogen and oxygen atoms in total. The maximum Gasteiger partial charge on any atom is 0.326 e.